The Kier molecular flexibility index (Phi) is 40.0. The highest BCUT2D eigenvalue weighted by atomic mass is 16.5. The number of rotatable bonds is 24. The highest BCUT2D eigenvalue weighted by Gasteiger charge is 2.54. The predicted octanol–water partition coefficient (Wildman–Crippen LogP) is -9.32. The molecule has 0 aliphatic carbocycles. The average Bonchev–Trinajstić information content (AvgIpc) is 3.28. The van der Waals surface area contributed by atoms with Crippen LogP contribution >= 0.6 is 0 Å². The maximum atomic E-state index is 11.5. The van der Waals surface area contributed by atoms with E-state index < -0.39 is 172 Å². The summed E-state index contributed by atoms with van der Waals surface area (Å²) in [6.45, 7) is -1.29. The lowest BCUT2D eigenvalue weighted by molar-refractivity contribution is -0.150. The highest BCUT2D eigenvalue weighted by Crippen LogP contribution is 2.38. The number of carboxylic acids is 4. The first-order valence-corrected chi connectivity index (χ1v) is 18.1. The second kappa shape index (κ2) is 37.1. The van der Waals surface area contributed by atoms with Gasteiger partial charge in [-0.05, 0) is 45.9 Å². The van der Waals surface area contributed by atoms with Crippen LogP contribution in [-0.4, -0.2) is 267 Å². The smallest absolute Gasteiger partial charge is 0.334 e. The topological polar surface area (TPSA) is 543 Å². The van der Waals surface area contributed by atoms with E-state index in [4.69, 9.17) is 91.5 Å². The number of carbonyl (C=O) groups is 4. The minimum Gasteiger partial charge on any atom is -0.483 e. The summed E-state index contributed by atoms with van der Waals surface area (Å²) in [5.74, 6) is -6.17. The third-order valence-corrected chi connectivity index (χ3v) is 7.66. The molecule has 0 heterocycles. The fourth-order valence-electron chi connectivity index (χ4n) is 3.41. The fourth-order valence-corrected chi connectivity index (χ4v) is 3.41. The van der Waals surface area contributed by atoms with Crippen LogP contribution in [0, 0.1) is 0 Å². The Morgan fingerprint density at radius 2 is 0.594 bits per heavy atom. The van der Waals surface area contributed by atoms with Crippen molar-refractivity contribution in [1.82, 2.24) is 0 Å². The van der Waals surface area contributed by atoms with Crippen LogP contribution in [0.2, 0.25) is 0 Å². The van der Waals surface area contributed by atoms with Gasteiger partial charge in [-0.3, -0.25) is 0 Å². The Balaban J connectivity index is -0.000000289. The van der Waals surface area contributed by atoms with Crippen molar-refractivity contribution in [2.45, 2.75) is 93.8 Å². The zero-order valence-electron chi connectivity index (χ0n) is 35.2. The van der Waals surface area contributed by atoms with Gasteiger partial charge >= 0.3 is 23.9 Å². The molecular formula is C36H66O28. The van der Waals surface area contributed by atoms with Gasteiger partial charge in [-0.25, -0.2) is 19.2 Å². The van der Waals surface area contributed by atoms with Gasteiger partial charge in [0.15, 0.2) is 11.2 Å². The molecule has 0 aromatic carbocycles. The van der Waals surface area contributed by atoms with E-state index in [1.165, 1.54) is 0 Å². The molecule has 0 aliphatic rings. The monoisotopic (exact) mass is 946 g/mol. The maximum absolute atomic E-state index is 11.5. The van der Waals surface area contributed by atoms with E-state index in [0.29, 0.717) is 24.5 Å². The number of ether oxygens (including phenoxy) is 1. The molecule has 0 fully saturated rings. The Hall–Kier alpha value is -4.12. The van der Waals surface area contributed by atoms with Crippen molar-refractivity contribution >= 4 is 23.9 Å². The molecular weight excluding hydrogens is 880 g/mol. The van der Waals surface area contributed by atoms with E-state index in [2.05, 4.69) is 0 Å². The zero-order valence-corrected chi connectivity index (χ0v) is 35.2. The molecule has 10 atom stereocenters. The summed E-state index contributed by atoms with van der Waals surface area (Å²) in [7, 11) is 0. The minimum absolute atomic E-state index is 0.475. The standard InChI is InChI=1S/C20H26O12.4C4H10O4/c1-10(15(23)24)5-19(6-11(2)16(25)26,32-9-13(4)18(29)30)20(31,14(22)8-21)7-12(3)17(27)28;4*5-1-3(7)4(8)2-6/h5-7,9,14,21-22,31H,8H2,1-4H3,(H,23,24)(H,25,26)(H,27,28)(H,29,30);4*3-8H,1-2H2/t14-,19?,20-;4*3-,4+/m1..../s1. The molecule has 0 aromatic heterocycles. The summed E-state index contributed by atoms with van der Waals surface area (Å²) >= 11 is 0. The average molecular weight is 947 g/mol. The van der Waals surface area contributed by atoms with Gasteiger partial charge in [0.1, 0.15) is 54.9 Å². The summed E-state index contributed by atoms with van der Waals surface area (Å²) < 4.78 is 5.38. The molecule has 0 amide bonds. The van der Waals surface area contributed by atoms with Gasteiger partial charge < -0.3 is 122 Å². The molecule has 28 heteroatoms. The number of carboxylic acid groups (broad SMARTS) is 4. The van der Waals surface area contributed by atoms with Crippen LogP contribution in [0.4, 0.5) is 0 Å². The van der Waals surface area contributed by atoms with Gasteiger partial charge in [0.05, 0.1) is 71.3 Å². The Labute approximate surface area is 365 Å². The van der Waals surface area contributed by atoms with Crippen molar-refractivity contribution in [3.05, 3.63) is 46.8 Å². The summed E-state index contributed by atoms with van der Waals surface area (Å²) in [6, 6.07) is 0. The quantitative estimate of drug-likeness (QED) is 0.0315. The summed E-state index contributed by atoms with van der Waals surface area (Å²) in [4.78, 5) is 45.5. The van der Waals surface area contributed by atoms with E-state index in [0.717, 1.165) is 27.7 Å². The van der Waals surface area contributed by atoms with Gasteiger partial charge in [-0.2, -0.15) is 0 Å². The fraction of sp³-hybridized carbons (Fsp3) is 0.667. The van der Waals surface area contributed by atoms with Gasteiger partial charge in [-0.15, -0.1) is 0 Å². The molecule has 0 unspecified atom stereocenters. The van der Waals surface area contributed by atoms with E-state index in [1.54, 1.807) is 0 Å². The van der Waals surface area contributed by atoms with Crippen LogP contribution in [0.25, 0.3) is 0 Å². The van der Waals surface area contributed by atoms with Crippen LogP contribution in [0.1, 0.15) is 27.7 Å². The van der Waals surface area contributed by atoms with Crippen molar-refractivity contribution in [2.24, 2.45) is 0 Å². The Morgan fingerprint density at radius 3 is 0.766 bits per heavy atom. The van der Waals surface area contributed by atoms with Crippen molar-refractivity contribution in [2.75, 3.05) is 59.5 Å². The van der Waals surface area contributed by atoms with E-state index in [1.807, 2.05) is 0 Å². The molecule has 0 aromatic rings. The van der Waals surface area contributed by atoms with Crippen LogP contribution in [-0.2, 0) is 23.9 Å². The van der Waals surface area contributed by atoms with Gasteiger partial charge in [0.2, 0.25) is 0 Å². The van der Waals surface area contributed by atoms with E-state index >= 15 is 0 Å². The normalized spacial score (nSPS) is 18.1. The Morgan fingerprint density at radius 1 is 0.391 bits per heavy atom. The molecule has 0 bridgehead atoms. The van der Waals surface area contributed by atoms with E-state index in [-0.39, 0.29) is 0 Å². The third kappa shape index (κ3) is 27.9. The molecule has 0 rings (SSSR count). The Bertz CT molecular complexity index is 1310. The van der Waals surface area contributed by atoms with Crippen LogP contribution < -0.4 is 0 Å². The second-order valence-corrected chi connectivity index (χ2v) is 12.9. The number of hydrogen-bond donors (Lipinski definition) is 23. The van der Waals surface area contributed by atoms with Crippen LogP contribution in [0.15, 0.2) is 46.8 Å². The number of aliphatic hydroxyl groups excluding tert-OH is 18. The summed E-state index contributed by atoms with van der Waals surface area (Å²) in [5, 5.41) is 201. The van der Waals surface area contributed by atoms with Gasteiger partial charge in [-0.1, -0.05) is 0 Å². The summed E-state index contributed by atoms with van der Waals surface area (Å²) in [6.07, 6.45) is -9.60. The molecule has 0 saturated carbocycles. The first-order chi connectivity index (χ1) is 29.4. The highest BCUT2D eigenvalue weighted by molar-refractivity contribution is 5.89. The first kappa shape index (κ1) is 68.9. The third-order valence-electron chi connectivity index (χ3n) is 7.66. The number of aliphatic carboxylic acids is 4. The lowest BCUT2D eigenvalue weighted by Gasteiger charge is -2.44. The number of aliphatic hydroxyl groups is 19. The SMILES string of the molecule is CC(=COC(C=C(C)C(=O)O)(C=C(C)C(=O)O)[C@@](O)(C=C(C)C(=O)O)[C@H](O)CO)C(=O)O.OC[C@@H](O)[C@@H](O)CO.OC[C@@H](O)[C@@H](O)CO.OC[C@@H](O)[C@@H](O)CO.OC[C@@H](O)[C@@H](O)CO. The molecule has 23 N–H and O–H groups in total. The van der Waals surface area contributed by atoms with Gasteiger partial charge in [0.25, 0.3) is 0 Å². The lowest BCUT2D eigenvalue weighted by Crippen LogP contribution is -2.61. The van der Waals surface area contributed by atoms with Crippen LogP contribution in [0.5, 0.6) is 0 Å². The lowest BCUT2D eigenvalue weighted by atomic mass is 9.75. The van der Waals surface area contributed by atoms with Crippen molar-refractivity contribution in [3.63, 3.8) is 0 Å². The van der Waals surface area contributed by atoms with E-state index in [9.17, 15) is 49.8 Å². The molecule has 28 nitrogen and oxygen atoms in total. The molecule has 378 valence electrons. The predicted molar refractivity (Wildman–Crippen MR) is 212 cm³/mol. The second-order valence-electron chi connectivity index (χ2n) is 12.9. The van der Waals surface area contributed by atoms with Crippen molar-refractivity contribution in [3.8, 4) is 0 Å². The van der Waals surface area contributed by atoms with Crippen molar-refractivity contribution < 1.29 is 141 Å². The molecule has 0 radical (unpaired) electrons. The molecule has 0 saturated heterocycles. The van der Waals surface area contributed by atoms with Crippen LogP contribution in [0.3, 0.4) is 0 Å². The largest absolute Gasteiger partial charge is 0.483 e. The first-order valence-electron chi connectivity index (χ1n) is 18.1. The molecule has 0 spiro atoms. The van der Waals surface area contributed by atoms with Gasteiger partial charge in [0, 0.05) is 16.7 Å². The number of hydrogen-bond acceptors (Lipinski definition) is 24. The molecule has 64 heavy (non-hydrogen) atoms. The summed E-state index contributed by atoms with van der Waals surface area (Å²) in [5.41, 5.74) is -7.86. The maximum Gasteiger partial charge on any atom is 0.334 e. The molecule has 0 aliphatic heterocycles. The van der Waals surface area contributed by atoms with Crippen molar-refractivity contribution in [1.29, 1.82) is 0 Å². The zero-order chi connectivity index (χ0) is 51.7. The minimum atomic E-state index is -2.99.